The van der Waals surface area contributed by atoms with Crippen molar-refractivity contribution in [2.45, 2.75) is 34.1 Å². The Morgan fingerprint density at radius 1 is 1.23 bits per heavy atom. The standard InChI is InChI=1S/C11H26N2/c1-6-8-13(5)10-11(3,4)9-12-7-2/h12H,6-10H2,1-5H3. The summed E-state index contributed by atoms with van der Waals surface area (Å²) in [4.78, 5) is 2.41. The van der Waals surface area contributed by atoms with E-state index in [-0.39, 0.29) is 0 Å². The van der Waals surface area contributed by atoms with Crippen LogP contribution in [-0.2, 0) is 0 Å². The van der Waals surface area contributed by atoms with Crippen LogP contribution in [0.5, 0.6) is 0 Å². The maximum atomic E-state index is 3.41. The first-order valence-electron chi connectivity index (χ1n) is 5.41. The predicted octanol–water partition coefficient (Wildman–Crippen LogP) is 1.96. The fourth-order valence-electron chi connectivity index (χ4n) is 1.71. The first-order chi connectivity index (χ1) is 6.02. The summed E-state index contributed by atoms with van der Waals surface area (Å²) < 4.78 is 0. The van der Waals surface area contributed by atoms with Gasteiger partial charge in [-0.15, -0.1) is 0 Å². The van der Waals surface area contributed by atoms with Gasteiger partial charge in [-0.25, -0.2) is 0 Å². The molecule has 2 heteroatoms. The average Bonchev–Trinajstić information content (AvgIpc) is 2.00. The molecule has 1 N–H and O–H groups in total. The van der Waals surface area contributed by atoms with Crippen LogP contribution in [0.4, 0.5) is 0 Å². The molecular weight excluding hydrogens is 160 g/mol. The lowest BCUT2D eigenvalue weighted by Crippen LogP contribution is -2.39. The largest absolute Gasteiger partial charge is 0.316 e. The van der Waals surface area contributed by atoms with E-state index < -0.39 is 0 Å². The van der Waals surface area contributed by atoms with Crippen LogP contribution in [0.15, 0.2) is 0 Å². The highest BCUT2D eigenvalue weighted by molar-refractivity contribution is 4.74. The lowest BCUT2D eigenvalue weighted by Gasteiger charge is -2.30. The Morgan fingerprint density at radius 3 is 2.31 bits per heavy atom. The van der Waals surface area contributed by atoms with Gasteiger partial charge in [-0.1, -0.05) is 27.7 Å². The molecule has 0 aliphatic heterocycles. The molecule has 0 aliphatic rings. The van der Waals surface area contributed by atoms with Gasteiger partial charge in [0.15, 0.2) is 0 Å². The second-order valence-corrected chi connectivity index (χ2v) is 4.68. The van der Waals surface area contributed by atoms with Crippen LogP contribution < -0.4 is 5.32 Å². The van der Waals surface area contributed by atoms with Gasteiger partial charge in [0, 0.05) is 13.1 Å². The van der Waals surface area contributed by atoms with Crippen molar-refractivity contribution < 1.29 is 0 Å². The Morgan fingerprint density at radius 2 is 1.85 bits per heavy atom. The quantitative estimate of drug-likeness (QED) is 0.654. The van der Waals surface area contributed by atoms with E-state index in [0.717, 1.165) is 13.1 Å². The zero-order valence-corrected chi connectivity index (χ0v) is 9.98. The molecule has 0 atom stereocenters. The Balaban J connectivity index is 3.71. The van der Waals surface area contributed by atoms with E-state index in [0.29, 0.717) is 5.41 Å². The smallest absolute Gasteiger partial charge is 0.00418 e. The zero-order chi connectivity index (χ0) is 10.3. The highest BCUT2D eigenvalue weighted by Gasteiger charge is 2.18. The summed E-state index contributed by atoms with van der Waals surface area (Å²) in [5, 5.41) is 3.41. The van der Waals surface area contributed by atoms with E-state index >= 15 is 0 Å². The van der Waals surface area contributed by atoms with Crippen LogP contribution in [0.25, 0.3) is 0 Å². The fraction of sp³-hybridized carbons (Fsp3) is 1.00. The first kappa shape index (κ1) is 12.9. The fourth-order valence-corrected chi connectivity index (χ4v) is 1.71. The van der Waals surface area contributed by atoms with Crippen molar-refractivity contribution in [3.63, 3.8) is 0 Å². The number of hydrogen-bond acceptors (Lipinski definition) is 2. The Labute approximate surface area is 83.7 Å². The predicted molar refractivity (Wildman–Crippen MR) is 60.1 cm³/mol. The molecule has 0 heterocycles. The van der Waals surface area contributed by atoms with Crippen molar-refractivity contribution in [3.8, 4) is 0 Å². The molecule has 0 aromatic carbocycles. The second-order valence-electron chi connectivity index (χ2n) is 4.68. The van der Waals surface area contributed by atoms with Crippen LogP contribution >= 0.6 is 0 Å². The van der Waals surface area contributed by atoms with Crippen LogP contribution in [0.1, 0.15) is 34.1 Å². The summed E-state index contributed by atoms with van der Waals surface area (Å²) in [6.45, 7) is 13.6. The van der Waals surface area contributed by atoms with E-state index in [9.17, 15) is 0 Å². The number of hydrogen-bond donors (Lipinski definition) is 1. The molecule has 0 rings (SSSR count). The minimum absolute atomic E-state index is 0.389. The normalized spacial score (nSPS) is 12.5. The summed E-state index contributed by atoms with van der Waals surface area (Å²) >= 11 is 0. The van der Waals surface area contributed by atoms with Gasteiger partial charge in [0.1, 0.15) is 0 Å². The van der Waals surface area contributed by atoms with Gasteiger partial charge < -0.3 is 10.2 Å². The maximum absolute atomic E-state index is 3.41. The van der Waals surface area contributed by atoms with Gasteiger partial charge in [0.05, 0.1) is 0 Å². The van der Waals surface area contributed by atoms with Crippen LogP contribution in [0.3, 0.4) is 0 Å². The Hall–Kier alpha value is -0.0800. The molecule has 80 valence electrons. The van der Waals surface area contributed by atoms with E-state index in [2.05, 4.69) is 45.0 Å². The van der Waals surface area contributed by atoms with Gasteiger partial charge in [-0.3, -0.25) is 0 Å². The number of nitrogens with one attached hydrogen (secondary N) is 1. The zero-order valence-electron chi connectivity index (χ0n) is 9.98. The third-order valence-corrected chi connectivity index (χ3v) is 2.16. The third-order valence-electron chi connectivity index (χ3n) is 2.16. The molecule has 0 aliphatic carbocycles. The molecule has 0 saturated carbocycles. The molecule has 0 spiro atoms. The molecule has 0 amide bonds. The summed E-state index contributed by atoms with van der Waals surface area (Å²) in [7, 11) is 2.21. The van der Waals surface area contributed by atoms with Crippen LogP contribution in [0, 0.1) is 5.41 Å². The van der Waals surface area contributed by atoms with Gasteiger partial charge >= 0.3 is 0 Å². The van der Waals surface area contributed by atoms with Crippen LogP contribution in [0.2, 0.25) is 0 Å². The van der Waals surface area contributed by atoms with Gasteiger partial charge in [0.25, 0.3) is 0 Å². The highest BCUT2D eigenvalue weighted by atomic mass is 15.1. The third kappa shape index (κ3) is 7.03. The van der Waals surface area contributed by atoms with Crippen molar-refractivity contribution in [3.05, 3.63) is 0 Å². The van der Waals surface area contributed by atoms with Crippen molar-refractivity contribution >= 4 is 0 Å². The Bertz CT molecular complexity index is 121. The topological polar surface area (TPSA) is 15.3 Å². The lowest BCUT2D eigenvalue weighted by atomic mass is 9.93. The maximum Gasteiger partial charge on any atom is 0.00418 e. The molecule has 0 aromatic heterocycles. The summed E-state index contributed by atoms with van der Waals surface area (Å²) in [6.07, 6.45) is 1.24. The number of nitrogens with zero attached hydrogens (tertiary/aromatic N) is 1. The molecule has 0 radical (unpaired) electrons. The lowest BCUT2D eigenvalue weighted by molar-refractivity contribution is 0.205. The molecular formula is C11H26N2. The van der Waals surface area contributed by atoms with Gasteiger partial charge in [-0.05, 0) is 32.0 Å². The molecule has 13 heavy (non-hydrogen) atoms. The first-order valence-corrected chi connectivity index (χ1v) is 5.41. The highest BCUT2D eigenvalue weighted by Crippen LogP contribution is 2.14. The van der Waals surface area contributed by atoms with Crippen molar-refractivity contribution in [2.24, 2.45) is 5.41 Å². The van der Waals surface area contributed by atoms with Crippen molar-refractivity contribution in [1.82, 2.24) is 10.2 Å². The average molecular weight is 186 g/mol. The minimum Gasteiger partial charge on any atom is -0.316 e. The number of rotatable bonds is 7. The van der Waals surface area contributed by atoms with E-state index in [1.54, 1.807) is 0 Å². The van der Waals surface area contributed by atoms with Crippen LogP contribution in [-0.4, -0.2) is 38.1 Å². The molecule has 0 fully saturated rings. The van der Waals surface area contributed by atoms with Crippen molar-refractivity contribution in [1.29, 1.82) is 0 Å². The van der Waals surface area contributed by atoms with Gasteiger partial charge in [-0.2, -0.15) is 0 Å². The molecule has 2 nitrogen and oxygen atoms in total. The van der Waals surface area contributed by atoms with E-state index in [1.165, 1.54) is 19.5 Å². The van der Waals surface area contributed by atoms with Gasteiger partial charge in [0.2, 0.25) is 0 Å². The van der Waals surface area contributed by atoms with E-state index in [4.69, 9.17) is 0 Å². The van der Waals surface area contributed by atoms with E-state index in [1.807, 2.05) is 0 Å². The summed E-state index contributed by atoms with van der Waals surface area (Å²) in [6, 6.07) is 0. The summed E-state index contributed by atoms with van der Waals surface area (Å²) in [5.41, 5.74) is 0.389. The SMILES string of the molecule is CCCN(C)CC(C)(C)CNCC. The monoisotopic (exact) mass is 186 g/mol. The molecule has 0 aromatic rings. The second kappa shape index (κ2) is 6.39. The minimum atomic E-state index is 0.389. The Kier molecular flexibility index (Phi) is 6.35. The molecule has 0 bridgehead atoms. The molecule has 0 unspecified atom stereocenters. The molecule has 0 saturated heterocycles. The van der Waals surface area contributed by atoms with Crippen molar-refractivity contribution in [2.75, 3.05) is 33.2 Å². The summed E-state index contributed by atoms with van der Waals surface area (Å²) in [5.74, 6) is 0.